The molecule has 0 saturated carbocycles. The first kappa shape index (κ1) is 20.9. The van der Waals surface area contributed by atoms with Crippen molar-refractivity contribution in [1.29, 1.82) is 0 Å². The van der Waals surface area contributed by atoms with Crippen molar-refractivity contribution in [3.8, 4) is 5.75 Å². The summed E-state index contributed by atoms with van der Waals surface area (Å²) < 4.78 is 11.0. The Labute approximate surface area is 168 Å². The summed E-state index contributed by atoms with van der Waals surface area (Å²) in [4.78, 5) is 11.3. The molecule has 0 N–H and O–H groups in total. The van der Waals surface area contributed by atoms with Crippen LogP contribution >= 0.6 is 0 Å². The van der Waals surface area contributed by atoms with E-state index in [1.54, 1.807) is 12.1 Å². The number of hydrogen-bond acceptors (Lipinski definition) is 3. The zero-order valence-corrected chi connectivity index (χ0v) is 16.6. The van der Waals surface area contributed by atoms with Gasteiger partial charge in [0.15, 0.2) is 0 Å². The van der Waals surface area contributed by atoms with Crippen LogP contribution in [0.15, 0.2) is 57.8 Å². The van der Waals surface area contributed by atoms with Gasteiger partial charge in [-0.05, 0) is 18.2 Å². The fourth-order valence-electron chi connectivity index (χ4n) is 2.10. The van der Waals surface area contributed by atoms with Crippen molar-refractivity contribution in [1.82, 2.24) is 0 Å². The van der Waals surface area contributed by atoms with Crippen molar-refractivity contribution in [3.05, 3.63) is 78.9 Å². The SMILES string of the molecule is C=C(C[CH2-])C([C-]=CCC[CH2-])COc1ccc2ccc(=O)oc2c1.[Y+3]. The molecule has 4 heteroatoms. The maximum Gasteiger partial charge on any atom is 3.00 e. The van der Waals surface area contributed by atoms with Gasteiger partial charge in [0.1, 0.15) is 11.3 Å². The van der Waals surface area contributed by atoms with Gasteiger partial charge < -0.3 is 29.1 Å². The Kier molecular flexibility index (Phi) is 9.24. The van der Waals surface area contributed by atoms with Crippen LogP contribution in [0.3, 0.4) is 0 Å². The molecule has 1 aromatic heterocycles. The van der Waals surface area contributed by atoms with E-state index in [9.17, 15) is 4.79 Å². The molecule has 1 unspecified atom stereocenters. The van der Waals surface area contributed by atoms with Crippen LogP contribution < -0.4 is 10.4 Å². The largest absolute Gasteiger partial charge is 3.00 e. The van der Waals surface area contributed by atoms with E-state index in [1.807, 2.05) is 18.2 Å². The third-order valence-electron chi connectivity index (χ3n) is 3.49. The van der Waals surface area contributed by atoms with E-state index in [2.05, 4.69) is 26.5 Å². The molecule has 0 aliphatic heterocycles. The minimum Gasteiger partial charge on any atom is -0.495 e. The number of rotatable bonds is 8. The number of hydrogen-bond donors (Lipinski definition) is 0. The van der Waals surface area contributed by atoms with E-state index < -0.39 is 0 Å². The summed E-state index contributed by atoms with van der Waals surface area (Å²) >= 11 is 0. The Hall–Kier alpha value is -1.19. The number of fused-ring (bicyclic) bond motifs is 1. The number of benzene rings is 1. The van der Waals surface area contributed by atoms with Crippen LogP contribution in [0.2, 0.25) is 0 Å². The second-order valence-electron chi connectivity index (χ2n) is 5.24. The van der Waals surface area contributed by atoms with Gasteiger partial charge in [-0.3, -0.25) is 6.08 Å². The average molecular weight is 398 g/mol. The molecule has 0 aliphatic rings. The van der Waals surface area contributed by atoms with Gasteiger partial charge in [0, 0.05) is 17.5 Å². The Bertz CT molecular complexity index is 746. The smallest absolute Gasteiger partial charge is 0.495 e. The van der Waals surface area contributed by atoms with E-state index in [1.165, 1.54) is 6.07 Å². The van der Waals surface area contributed by atoms with Crippen LogP contribution in [0, 0.1) is 25.8 Å². The quantitative estimate of drug-likeness (QED) is 0.372. The predicted octanol–water partition coefficient (Wildman–Crippen LogP) is 4.54. The van der Waals surface area contributed by atoms with Crippen molar-refractivity contribution in [2.24, 2.45) is 5.92 Å². The van der Waals surface area contributed by atoms with E-state index in [0.717, 1.165) is 23.8 Å². The third-order valence-corrected chi connectivity index (χ3v) is 3.49. The van der Waals surface area contributed by atoms with Crippen molar-refractivity contribution in [2.75, 3.05) is 6.61 Å². The van der Waals surface area contributed by atoms with Gasteiger partial charge in [-0.2, -0.15) is 12.8 Å². The summed E-state index contributed by atoms with van der Waals surface area (Å²) in [5, 5.41) is 0.859. The van der Waals surface area contributed by atoms with Gasteiger partial charge in [-0.25, -0.2) is 4.79 Å². The van der Waals surface area contributed by atoms with E-state index in [4.69, 9.17) is 9.15 Å². The van der Waals surface area contributed by atoms with Crippen molar-refractivity contribution in [3.63, 3.8) is 0 Å². The van der Waals surface area contributed by atoms with E-state index >= 15 is 0 Å². The van der Waals surface area contributed by atoms with Crippen molar-refractivity contribution >= 4 is 11.0 Å². The zero-order chi connectivity index (χ0) is 16.7. The third kappa shape index (κ3) is 6.03. The molecule has 24 heavy (non-hydrogen) atoms. The molecule has 0 spiro atoms. The fourth-order valence-corrected chi connectivity index (χ4v) is 2.10. The molecule has 1 heterocycles. The minimum atomic E-state index is -0.373. The van der Waals surface area contributed by atoms with Crippen LogP contribution in [0.1, 0.15) is 19.3 Å². The number of unbranched alkanes of at least 4 members (excludes halogenated alkanes) is 1. The van der Waals surface area contributed by atoms with Crippen molar-refractivity contribution in [2.45, 2.75) is 19.3 Å². The second-order valence-corrected chi connectivity index (χ2v) is 5.24. The van der Waals surface area contributed by atoms with E-state index in [0.29, 0.717) is 24.4 Å². The Morgan fingerprint density at radius 3 is 2.79 bits per heavy atom. The molecule has 0 bridgehead atoms. The molecular weight excluding hydrogens is 377 g/mol. The first-order chi connectivity index (χ1) is 11.1. The van der Waals surface area contributed by atoms with Crippen LogP contribution in [0.5, 0.6) is 5.75 Å². The molecule has 0 aliphatic carbocycles. The van der Waals surface area contributed by atoms with Crippen LogP contribution in [0.25, 0.3) is 11.0 Å². The fraction of sp³-hybridized carbons (Fsp3) is 0.250. The maximum atomic E-state index is 11.3. The molecule has 1 aromatic carbocycles. The van der Waals surface area contributed by atoms with Gasteiger partial charge in [0.25, 0.3) is 0 Å². The van der Waals surface area contributed by atoms with Crippen molar-refractivity contribution < 1.29 is 41.9 Å². The number of allylic oxidation sites excluding steroid dienone is 1. The summed E-state index contributed by atoms with van der Waals surface area (Å²) in [6, 6.07) is 8.57. The minimum absolute atomic E-state index is 0. The van der Waals surface area contributed by atoms with Gasteiger partial charge in [-0.1, -0.05) is 6.42 Å². The van der Waals surface area contributed by atoms with Crippen LogP contribution in [-0.4, -0.2) is 6.61 Å². The van der Waals surface area contributed by atoms with Crippen LogP contribution in [0.4, 0.5) is 0 Å². The second kappa shape index (κ2) is 10.6. The summed E-state index contributed by atoms with van der Waals surface area (Å²) in [5.41, 5.74) is 1.11. The molecule has 3 nitrogen and oxygen atoms in total. The molecule has 0 amide bonds. The summed E-state index contributed by atoms with van der Waals surface area (Å²) in [5.74, 6) is 0.630. The molecule has 0 saturated heterocycles. The summed E-state index contributed by atoms with van der Waals surface area (Å²) in [6.07, 6.45) is 7.60. The molecule has 2 rings (SSSR count). The maximum absolute atomic E-state index is 11.3. The van der Waals surface area contributed by atoms with Gasteiger partial charge in [0.2, 0.25) is 0 Å². The molecule has 122 valence electrons. The Balaban J connectivity index is 0.00000288. The predicted molar refractivity (Wildman–Crippen MR) is 93.0 cm³/mol. The first-order valence-electron chi connectivity index (χ1n) is 7.64. The molecule has 2 aromatic rings. The molecule has 0 fully saturated rings. The summed E-state index contributed by atoms with van der Waals surface area (Å²) in [6.45, 7) is 12.1. The Morgan fingerprint density at radius 1 is 1.33 bits per heavy atom. The standard InChI is InChI=1S/C20H21O3.Y/c1-4-6-7-8-17(15(3)5-2)14-22-18-11-9-16-10-12-20(21)23-19(16)13-18;/h7,9-13,17H,1-6,14H2;/q-3;+3. The number of ether oxygens (including phenoxy) is 1. The summed E-state index contributed by atoms with van der Waals surface area (Å²) in [7, 11) is 0. The van der Waals surface area contributed by atoms with Gasteiger partial charge in [0.05, 0.1) is 6.61 Å². The first-order valence-corrected chi connectivity index (χ1v) is 7.64. The van der Waals surface area contributed by atoms with Gasteiger partial charge in [-0.15, -0.1) is 18.1 Å². The molecular formula is C20H21O3Y. The molecule has 1 atom stereocenters. The topological polar surface area (TPSA) is 39.4 Å². The van der Waals surface area contributed by atoms with Crippen LogP contribution in [-0.2, 0) is 32.7 Å². The Morgan fingerprint density at radius 2 is 2.08 bits per heavy atom. The van der Waals surface area contributed by atoms with Gasteiger partial charge >= 0.3 is 38.3 Å². The molecule has 0 radical (unpaired) electrons. The zero-order valence-electron chi connectivity index (χ0n) is 13.8. The average Bonchev–Trinajstić information content (AvgIpc) is 2.56. The normalized spacial score (nSPS) is 12.1. The van der Waals surface area contributed by atoms with E-state index in [-0.39, 0.29) is 44.3 Å². The monoisotopic (exact) mass is 398 g/mol.